The summed E-state index contributed by atoms with van der Waals surface area (Å²) >= 11 is 0. The highest BCUT2D eigenvalue weighted by Crippen LogP contribution is 2.40. The molecule has 2 aliphatic rings. The van der Waals surface area contributed by atoms with Gasteiger partial charge in [0.05, 0.1) is 11.6 Å². The number of likely N-dealkylation sites (N-methyl/N-ethyl adjacent to an activating group) is 1. The van der Waals surface area contributed by atoms with Crippen LogP contribution in [0.5, 0.6) is 0 Å². The first-order chi connectivity index (χ1) is 14.9. The van der Waals surface area contributed by atoms with Crippen LogP contribution in [0.4, 0.5) is 4.39 Å². The van der Waals surface area contributed by atoms with Crippen molar-refractivity contribution in [3.8, 4) is 0 Å². The number of amides is 1. The molecule has 1 heterocycles. The Bertz CT molecular complexity index is 1060. The van der Waals surface area contributed by atoms with Crippen molar-refractivity contribution in [1.29, 1.82) is 0 Å². The van der Waals surface area contributed by atoms with Crippen LogP contribution in [0, 0.1) is 5.82 Å². The van der Waals surface area contributed by atoms with Gasteiger partial charge in [0, 0.05) is 24.2 Å². The van der Waals surface area contributed by atoms with E-state index < -0.39 is 23.5 Å². The smallest absolute Gasteiger partial charge is 0.295 e. The number of likely N-dealkylation sites (tertiary alicyclic amines) is 1. The predicted octanol–water partition coefficient (Wildman–Crippen LogP) is 3.69. The molecule has 0 radical (unpaired) electrons. The number of aryl methyl sites for hydroxylation is 2. The molecule has 2 aromatic rings. The summed E-state index contributed by atoms with van der Waals surface area (Å²) in [5.74, 6) is -2.25. The molecule has 1 N–H and O–H groups in total. The van der Waals surface area contributed by atoms with Gasteiger partial charge in [0.15, 0.2) is 0 Å². The van der Waals surface area contributed by atoms with Crippen molar-refractivity contribution in [3.63, 3.8) is 0 Å². The summed E-state index contributed by atoms with van der Waals surface area (Å²) in [6, 6.07) is 10.8. The zero-order chi connectivity index (χ0) is 22.1. The Labute approximate surface area is 181 Å². The molecule has 31 heavy (non-hydrogen) atoms. The van der Waals surface area contributed by atoms with Gasteiger partial charge < -0.3 is 14.9 Å². The SMILES string of the molecule is CN(C)CCN1C(=O)C(=O)/C(=C(/O)c2ccc3c(c2)CCCC3)C1c1ccccc1F. The van der Waals surface area contributed by atoms with E-state index in [9.17, 15) is 19.1 Å². The summed E-state index contributed by atoms with van der Waals surface area (Å²) in [5.41, 5.74) is 3.05. The number of hydrogen-bond acceptors (Lipinski definition) is 4. The molecule has 6 heteroatoms. The lowest BCUT2D eigenvalue weighted by atomic mass is 9.88. The molecule has 5 nitrogen and oxygen atoms in total. The van der Waals surface area contributed by atoms with Gasteiger partial charge in [-0.3, -0.25) is 9.59 Å². The van der Waals surface area contributed by atoms with E-state index in [1.807, 2.05) is 31.1 Å². The molecule has 0 saturated carbocycles. The molecule has 1 atom stereocenters. The van der Waals surface area contributed by atoms with Crippen LogP contribution in [-0.2, 0) is 22.4 Å². The van der Waals surface area contributed by atoms with E-state index in [4.69, 9.17) is 0 Å². The normalized spacial score (nSPS) is 20.4. The summed E-state index contributed by atoms with van der Waals surface area (Å²) in [4.78, 5) is 29.2. The molecule has 162 valence electrons. The molecule has 0 bridgehead atoms. The number of rotatable bonds is 5. The highest BCUT2D eigenvalue weighted by Gasteiger charge is 2.46. The van der Waals surface area contributed by atoms with Gasteiger partial charge >= 0.3 is 0 Å². The molecule has 1 aliphatic carbocycles. The zero-order valence-electron chi connectivity index (χ0n) is 17.9. The fourth-order valence-corrected chi connectivity index (χ4v) is 4.47. The standard InChI is InChI=1S/C25H27FN2O3/c1-27(2)13-14-28-22(19-9-5-6-10-20(19)26)21(24(30)25(28)31)23(29)18-12-11-16-7-3-4-8-17(16)15-18/h5-6,9-12,15,22,29H,3-4,7-8,13-14H2,1-2H3/b23-21+. The van der Waals surface area contributed by atoms with Crippen LogP contribution in [0.1, 0.15) is 41.1 Å². The maximum atomic E-state index is 14.8. The first-order valence-electron chi connectivity index (χ1n) is 10.7. The first kappa shape index (κ1) is 21.2. The summed E-state index contributed by atoms with van der Waals surface area (Å²) in [7, 11) is 3.73. The Morgan fingerprint density at radius 1 is 1.10 bits per heavy atom. The topological polar surface area (TPSA) is 60.9 Å². The molecule has 1 saturated heterocycles. The summed E-state index contributed by atoms with van der Waals surface area (Å²) < 4.78 is 14.8. The van der Waals surface area contributed by atoms with Crippen LogP contribution < -0.4 is 0 Å². The van der Waals surface area contributed by atoms with Crippen LogP contribution in [0.3, 0.4) is 0 Å². The highest BCUT2D eigenvalue weighted by molar-refractivity contribution is 6.46. The van der Waals surface area contributed by atoms with Crippen molar-refractivity contribution in [2.45, 2.75) is 31.7 Å². The summed E-state index contributed by atoms with van der Waals surface area (Å²) in [5, 5.41) is 11.2. The number of benzene rings is 2. The van der Waals surface area contributed by atoms with E-state index in [0.29, 0.717) is 12.1 Å². The minimum atomic E-state index is -0.961. The average Bonchev–Trinajstić information content (AvgIpc) is 3.01. The number of Topliss-reactive ketones (excluding diaryl/α,β-unsaturated/α-hetero) is 1. The number of carbonyl (C=O) groups is 2. The number of ketones is 1. The third-order valence-electron chi connectivity index (χ3n) is 6.15. The minimum Gasteiger partial charge on any atom is -0.507 e. The van der Waals surface area contributed by atoms with Crippen LogP contribution >= 0.6 is 0 Å². The lowest BCUT2D eigenvalue weighted by Gasteiger charge is -2.27. The Balaban J connectivity index is 1.84. The van der Waals surface area contributed by atoms with Gasteiger partial charge in [0.1, 0.15) is 11.6 Å². The van der Waals surface area contributed by atoms with E-state index in [2.05, 4.69) is 0 Å². The molecule has 4 rings (SSSR count). The van der Waals surface area contributed by atoms with E-state index in [1.54, 1.807) is 24.3 Å². The summed E-state index contributed by atoms with van der Waals surface area (Å²) in [6.07, 6.45) is 4.15. The summed E-state index contributed by atoms with van der Waals surface area (Å²) in [6.45, 7) is 0.758. The number of aliphatic hydroxyl groups excluding tert-OH is 1. The number of hydrogen-bond donors (Lipinski definition) is 1. The zero-order valence-corrected chi connectivity index (χ0v) is 17.9. The third-order valence-corrected chi connectivity index (χ3v) is 6.15. The Morgan fingerprint density at radius 3 is 2.52 bits per heavy atom. The van der Waals surface area contributed by atoms with E-state index in [-0.39, 0.29) is 23.4 Å². The molecular formula is C25H27FN2O3. The van der Waals surface area contributed by atoms with Crippen molar-refractivity contribution in [2.24, 2.45) is 0 Å². The lowest BCUT2D eigenvalue weighted by molar-refractivity contribution is -0.140. The van der Waals surface area contributed by atoms with Crippen LogP contribution in [0.2, 0.25) is 0 Å². The molecule has 2 aromatic carbocycles. The van der Waals surface area contributed by atoms with Crippen molar-refractivity contribution in [1.82, 2.24) is 9.80 Å². The Hall–Kier alpha value is -2.99. The van der Waals surface area contributed by atoms with E-state index in [1.165, 1.54) is 16.5 Å². The Kier molecular flexibility index (Phi) is 5.92. The molecule has 0 spiro atoms. The number of fused-ring (bicyclic) bond motifs is 1. The van der Waals surface area contributed by atoms with E-state index >= 15 is 0 Å². The first-order valence-corrected chi connectivity index (χ1v) is 10.7. The molecular weight excluding hydrogens is 395 g/mol. The van der Waals surface area contributed by atoms with Gasteiger partial charge in [0.25, 0.3) is 11.7 Å². The molecule has 1 aliphatic heterocycles. The van der Waals surface area contributed by atoms with Gasteiger partial charge in [-0.05, 0) is 63.0 Å². The Morgan fingerprint density at radius 2 is 1.81 bits per heavy atom. The van der Waals surface area contributed by atoms with Crippen molar-refractivity contribution < 1.29 is 19.1 Å². The van der Waals surface area contributed by atoms with Crippen LogP contribution in [0.15, 0.2) is 48.0 Å². The fourth-order valence-electron chi connectivity index (χ4n) is 4.47. The minimum absolute atomic E-state index is 0.0513. The maximum Gasteiger partial charge on any atom is 0.295 e. The molecule has 1 unspecified atom stereocenters. The van der Waals surface area contributed by atoms with Crippen LogP contribution in [-0.4, -0.2) is 53.8 Å². The molecule has 1 fully saturated rings. The number of aliphatic hydroxyl groups is 1. The fraction of sp³-hybridized carbons (Fsp3) is 0.360. The predicted molar refractivity (Wildman–Crippen MR) is 117 cm³/mol. The lowest BCUT2D eigenvalue weighted by Crippen LogP contribution is -2.35. The van der Waals surface area contributed by atoms with E-state index in [0.717, 1.165) is 31.2 Å². The third kappa shape index (κ3) is 4.00. The second kappa shape index (κ2) is 8.63. The van der Waals surface area contributed by atoms with Crippen molar-refractivity contribution >= 4 is 17.4 Å². The largest absolute Gasteiger partial charge is 0.507 e. The number of carbonyl (C=O) groups excluding carboxylic acids is 2. The number of nitrogens with zero attached hydrogens (tertiary/aromatic N) is 2. The molecule has 0 aromatic heterocycles. The monoisotopic (exact) mass is 422 g/mol. The van der Waals surface area contributed by atoms with Gasteiger partial charge in [0.2, 0.25) is 0 Å². The van der Waals surface area contributed by atoms with Crippen LogP contribution in [0.25, 0.3) is 5.76 Å². The molecule has 1 amide bonds. The maximum absolute atomic E-state index is 14.8. The number of halogens is 1. The van der Waals surface area contributed by atoms with Crippen molar-refractivity contribution in [2.75, 3.05) is 27.2 Å². The highest BCUT2D eigenvalue weighted by atomic mass is 19.1. The van der Waals surface area contributed by atoms with Crippen molar-refractivity contribution in [3.05, 3.63) is 76.1 Å². The average molecular weight is 423 g/mol. The van der Waals surface area contributed by atoms with Gasteiger partial charge in [-0.1, -0.05) is 30.3 Å². The quantitative estimate of drug-likeness (QED) is 0.454. The van der Waals surface area contributed by atoms with Gasteiger partial charge in [-0.25, -0.2) is 4.39 Å². The van der Waals surface area contributed by atoms with Gasteiger partial charge in [-0.15, -0.1) is 0 Å². The second-order valence-electron chi connectivity index (χ2n) is 8.51. The second-order valence-corrected chi connectivity index (χ2v) is 8.51. The van der Waals surface area contributed by atoms with Gasteiger partial charge in [-0.2, -0.15) is 0 Å².